The third kappa shape index (κ3) is 2.06. The zero-order valence-electron chi connectivity index (χ0n) is 7.90. The van der Waals surface area contributed by atoms with Gasteiger partial charge < -0.3 is 0 Å². The van der Waals surface area contributed by atoms with E-state index in [1.165, 1.54) is 25.7 Å². The molecule has 68 valence electrons. The van der Waals surface area contributed by atoms with Crippen molar-refractivity contribution in [2.75, 3.05) is 0 Å². The Morgan fingerprint density at radius 2 is 1.92 bits per heavy atom. The average molecular weight is 167 g/mol. The molecule has 1 aliphatic carbocycles. The standard InChI is InChI=1S/C7H11N3.C2H6/c1-2-4-7(3-1)10-6-5-8-9-10;1-2/h5-7H,1-4H2;1-2H3. The number of nitrogens with zero attached hydrogens (tertiary/aromatic N) is 3. The number of hydrogen-bond donors (Lipinski definition) is 0. The molecule has 0 amide bonds. The third-order valence-electron chi connectivity index (χ3n) is 2.14. The van der Waals surface area contributed by atoms with Crippen LogP contribution in [0.2, 0.25) is 0 Å². The Morgan fingerprint density at radius 1 is 1.25 bits per heavy atom. The molecule has 0 unspecified atom stereocenters. The Morgan fingerprint density at radius 3 is 2.42 bits per heavy atom. The van der Waals surface area contributed by atoms with Crippen LogP contribution in [0.3, 0.4) is 0 Å². The van der Waals surface area contributed by atoms with E-state index >= 15 is 0 Å². The van der Waals surface area contributed by atoms with E-state index in [9.17, 15) is 0 Å². The normalized spacial score (nSPS) is 17.2. The quantitative estimate of drug-likeness (QED) is 0.643. The van der Waals surface area contributed by atoms with Crippen molar-refractivity contribution in [3.05, 3.63) is 12.4 Å². The molecule has 1 aromatic rings. The molecule has 1 aromatic heterocycles. The monoisotopic (exact) mass is 167 g/mol. The molecule has 0 aliphatic heterocycles. The van der Waals surface area contributed by atoms with E-state index in [0.29, 0.717) is 6.04 Å². The summed E-state index contributed by atoms with van der Waals surface area (Å²) in [6.45, 7) is 4.00. The highest BCUT2D eigenvalue weighted by molar-refractivity contribution is 4.76. The van der Waals surface area contributed by atoms with E-state index < -0.39 is 0 Å². The van der Waals surface area contributed by atoms with Crippen LogP contribution in [0, 0.1) is 0 Å². The molecular weight excluding hydrogens is 150 g/mol. The summed E-state index contributed by atoms with van der Waals surface area (Å²) in [5.41, 5.74) is 0. The molecule has 0 spiro atoms. The van der Waals surface area contributed by atoms with Crippen molar-refractivity contribution >= 4 is 0 Å². The Labute approximate surface area is 73.8 Å². The fourth-order valence-corrected chi connectivity index (χ4v) is 1.58. The van der Waals surface area contributed by atoms with Gasteiger partial charge in [-0.1, -0.05) is 31.9 Å². The largest absolute Gasteiger partial charge is 0.250 e. The lowest BCUT2D eigenvalue weighted by Gasteiger charge is -2.06. The summed E-state index contributed by atoms with van der Waals surface area (Å²) in [6, 6.07) is 0.641. The maximum Gasteiger partial charge on any atom is 0.0693 e. The van der Waals surface area contributed by atoms with E-state index in [1.54, 1.807) is 6.20 Å². The zero-order chi connectivity index (χ0) is 8.81. The molecule has 12 heavy (non-hydrogen) atoms. The topological polar surface area (TPSA) is 30.7 Å². The molecule has 0 aromatic carbocycles. The van der Waals surface area contributed by atoms with Gasteiger partial charge in [0.1, 0.15) is 0 Å². The van der Waals surface area contributed by atoms with Crippen molar-refractivity contribution in [2.24, 2.45) is 0 Å². The zero-order valence-corrected chi connectivity index (χ0v) is 7.90. The second-order valence-electron chi connectivity index (χ2n) is 2.82. The van der Waals surface area contributed by atoms with Crippen LogP contribution < -0.4 is 0 Å². The molecule has 0 bridgehead atoms. The van der Waals surface area contributed by atoms with Crippen LogP contribution >= 0.6 is 0 Å². The molecule has 1 saturated carbocycles. The number of hydrogen-bond acceptors (Lipinski definition) is 2. The van der Waals surface area contributed by atoms with E-state index in [-0.39, 0.29) is 0 Å². The second-order valence-corrected chi connectivity index (χ2v) is 2.82. The smallest absolute Gasteiger partial charge is 0.0693 e. The van der Waals surface area contributed by atoms with Crippen LogP contribution in [-0.2, 0) is 0 Å². The summed E-state index contributed by atoms with van der Waals surface area (Å²) in [7, 11) is 0. The predicted octanol–water partition coefficient (Wildman–Crippen LogP) is 2.42. The van der Waals surface area contributed by atoms with Crippen LogP contribution in [0.5, 0.6) is 0 Å². The molecular formula is C9H17N3. The summed E-state index contributed by atoms with van der Waals surface area (Å²) in [5.74, 6) is 0. The Kier molecular flexibility index (Phi) is 3.77. The Bertz CT molecular complexity index is 188. The maximum absolute atomic E-state index is 3.96. The summed E-state index contributed by atoms with van der Waals surface area (Å²) in [5, 5.41) is 7.74. The van der Waals surface area contributed by atoms with Gasteiger partial charge in [0.05, 0.1) is 12.2 Å². The minimum Gasteiger partial charge on any atom is -0.250 e. The van der Waals surface area contributed by atoms with Gasteiger partial charge in [0.25, 0.3) is 0 Å². The number of aromatic nitrogens is 3. The summed E-state index contributed by atoms with van der Waals surface area (Å²) in [6.07, 6.45) is 8.97. The van der Waals surface area contributed by atoms with Gasteiger partial charge in [-0.2, -0.15) is 0 Å². The van der Waals surface area contributed by atoms with E-state index in [4.69, 9.17) is 0 Å². The first-order valence-electron chi connectivity index (χ1n) is 4.82. The molecule has 1 fully saturated rings. The van der Waals surface area contributed by atoms with Crippen LogP contribution in [0.15, 0.2) is 12.4 Å². The molecule has 1 aliphatic rings. The van der Waals surface area contributed by atoms with E-state index in [1.807, 2.05) is 24.7 Å². The van der Waals surface area contributed by atoms with Crippen molar-refractivity contribution in [2.45, 2.75) is 45.6 Å². The molecule has 3 nitrogen and oxygen atoms in total. The van der Waals surface area contributed by atoms with Gasteiger partial charge >= 0.3 is 0 Å². The van der Waals surface area contributed by atoms with Crippen molar-refractivity contribution in [3.8, 4) is 0 Å². The molecule has 1 heterocycles. The Balaban J connectivity index is 0.000000336. The highest BCUT2D eigenvalue weighted by Crippen LogP contribution is 2.27. The third-order valence-corrected chi connectivity index (χ3v) is 2.14. The first-order chi connectivity index (χ1) is 5.97. The Hall–Kier alpha value is -0.860. The fourth-order valence-electron chi connectivity index (χ4n) is 1.58. The summed E-state index contributed by atoms with van der Waals surface area (Å²) >= 11 is 0. The molecule has 0 radical (unpaired) electrons. The fraction of sp³-hybridized carbons (Fsp3) is 0.778. The summed E-state index contributed by atoms with van der Waals surface area (Å²) < 4.78 is 1.98. The predicted molar refractivity (Wildman–Crippen MR) is 48.9 cm³/mol. The molecule has 2 rings (SSSR count). The van der Waals surface area contributed by atoms with Gasteiger partial charge in [-0.25, -0.2) is 4.68 Å². The number of rotatable bonds is 1. The van der Waals surface area contributed by atoms with Gasteiger partial charge in [0.2, 0.25) is 0 Å². The molecule has 0 saturated heterocycles. The van der Waals surface area contributed by atoms with Crippen LogP contribution in [0.4, 0.5) is 0 Å². The first kappa shape index (κ1) is 9.23. The second kappa shape index (κ2) is 4.91. The van der Waals surface area contributed by atoms with Crippen LogP contribution in [0.1, 0.15) is 45.6 Å². The van der Waals surface area contributed by atoms with E-state index in [2.05, 4.69) is 10.3 Å². The highest BCUT2D eigenvalue weighted by Gasteiger charge is 2.16. The minimum absolute atomic E-state index is 0.641. The van der Waals surface area contributed by atoms with Crippen molar-refractivity contribution in [1.82, 2.24) is 15.0 Å². The maximum atomic E-state index is 3.96. The molecule has 3 heteroatoms. The van der Waals surface area contributed by atoms with Gasteiger partial charge in [-0.15, -0.1) is 5.10 Å². The van der Waals surface area contributed by atoms with Crippen LogP contribution in [0.25, 0.3) is 0 Å². The minimum atomic E-state index is 0.641. The molecule has 0 atom stereocenters. The van der Waals surface area contributed by atoms with Gasteiger partial charge in [0, 0.05) is 6.20 Å². The SMILES string of the molecule is CC.c1cn(C2CCCC2)nn1. The van der Waals surface area contributed by atoms with Gasteiger partial charge in [0.15, 0.2) is 0 Å². The molecule has 0 N–H and O–H groups in total. The lowest BCUT2D eigenvalue weighted by molar-refractivity contribution is 0.454. The van der Waals surface area contributed by atoms with Gasteiger partial charge in [-0.3, -0.25) is 0 Å². The van der Waals surface area contributed by atoms with E-state index in [0.717, 1.165) is 0 Å². The van der Waals surface area contributed by atoms with Crippen molar-refractivity contribution < 1.29 is 0 Å². The van der Waals surface area contributed by atoms with Crippen molar-refractivity contribution in [3.63, 3.8) is 0 Å². The summed E-state index contributed by atoms with van der Waals surface area (Å²) in [4.78, 5) is 0. The first-order valence-corrected chi connectivity index (χ1v) is 4.82. The lowest BCUT2D eigenvalue weighted by atomic mass is 10.3. The highest BCUT2D eigenvalue weighted by atomic mass is 15.4. The average Bonchev–Trinajstić information content (AvgIpc) is 2.80. The van der Waals surface area contributed by atoms with Crippen molar-refractivity contribution in [1.29, 1.82) is 0 Å². The van der Waals surface area contributed by atoms with Crippen LogP contribution in [-0.4, -0.2) is 15.0 Å². The lowest BCUT2D eigenvalue weighted by Crippen LogP contribution is -2.04. The van der Waals surface area contributed by atoms with Gasteiger partial charge in [-0.05, 0) is 12.8 Å².